The second-order valence-electron chi connectivity index (χ2n) is 5.57. The summed E-state index contributed by atoms with van der Waals surface area (Å²) in [6.45, 7) is 1.14. The number of halogens is 1. The lowest BCUT2D eigenvalue weighted by atomic mass is 10.1. The van der Waals surface area contributed by atoms with Crippen LogP contribution in [0, 0.1) is 5.82 Å². The van der Waals surface area contributed by atoms with Gasteiger partial charge < -0.3 is 19.3 Å². The first-order chi connectivity index (χ1) is 10.8. The smallest absolute Gasteiger partial charge is 0.321 e. The molecule has 1 aromatic heterocycles. The van der Waals surface area contributed by atoms with E-state index in [-0.39, 0.29) is 12.6 Å². The van der Waals surface area contributed by atoms with E-state index < -0.39 is 0 Å². The zero-order valence-corrected chi connectivity index (χ0v) is 12.0. The Morgan fingerprint density at radius 2 is 2.23 bits per heavy atom. The average molecular weight is 305 g/mol. The van der Waals surface area contributed by atoms with Crippen LogP contribution in [-0.2, 0) is 17.8 Å². The molecule has 0 radical (unpaired) electrons. The quantitative estimate of drug-likeness (QED) is 0.915. The molecule has 22 heavy (non-hydrogen) atoms. The van der Waals surface area contributed by atoms with Crippen molar-refractivity contribution in [2.24, 2.45) is 0 Å². The topological polar surface area (TPSA) is 69.4 Å². The first-order valence-corrected chi connectivity index (χ1v) is 7.39. The van der Waals surface area contributed by atoms with Crippen molar-refractivity contribution in [1.29, 1.82) is 0 Å². The highest BCUT2D eigenvalue weighted by Crippen LogP contribution is 2.38. The molecule has 1 saturated carbocycles. The van der Waals surface area contributed by atoms with Crippen molar-refractivity contribution in [2.75, 3.05) is 18.7 Å². The van der Waals surface area contributed by atoms with Gasteiger partial charge >= 0.3 is 6.01 Å². The number of nitrogens with zero attached hydrogens (tertiary/aromatic N) is 2. The van der Waals surface area contributed by atoms with Crippen LogP contribution in [0.15, 0.2) is 16.7 Å². The zero-order valence-electron chi connectivity index (χ0n) is 12.0. The molecule has 1 aliphatic heterocycles. The first-order valence-electron chi connectivity index (χ1n) is 7.39. The van der Waals surface area contributed by atoms with Crippen LogP contribution in [-0.4, -0.2) is 23.5 Å². The van der Waals surface area contributed by atoms with E-state index in [1.807, 2.05) is 0 Å². The number of benzene rings is 1. The van der Waals surface area contributed by atoms with E-state index in [9.17, 15) is 4.39 Å². The predicted molar refractivity (Wildman–Crippen MR) is 75.2 cm³/mol. The summed E-state index contributed by atoms with van der Waals surface area (Å²) in [5, 5.41) is 7.01. The molecule has 1 N–H and O–H groups in total. The largest absolute Gasteiger partial charge is 0.467 e. The van der Waals surface area contributed by atoms with E-state index in [0.717, 1.165) is 35.5 Å². The monoisotopic (exact) mass is 305 g/mol. The van der Waals surface area contributed by atoms with Gasteiger partial charge in [-0.05, 0) is 37.0 Å². The van der Waals surface area contributed by atoms with Crippen LogP contribution in [0.4, 0.5) is 10.4 Å². The fraction of sp³-hybridized carbons (Fsp3) is 0.467. The van der Waals surface area contributed by atoms with Crippen molar-refractivity contribution in [3.63, 3.8) is 0 Å². The summed E-state index contributed by atoms with van der Waals surface area (Å²) in [5.74, 6) is 1.67. The molecule has 0 amide bonds. The lowest BCUT2D eigenvalue weighted by Crippen LogP contribution is -2.15. The maximum atomic E-state index is 13.6. The zero-order chi connectivity index (χ0) is 14.9. The Labute approximate surface area is 126 Å². The minimum absolute atomic E-state index is 0.202. The molecule has 0 atom stereocenters. The van der Waals surface area contributed by atoms with E-state index >= 15 is 0 Å². The summed E-state index contributed by atoms with van der Waals surface area (Å²) in [6, 6.07) is 3.36. The van der Waals surface area contributed by atoms with Crippen molar-refractivity contribution < 1.29 is 18.4 Å². The Balaban J connectivity index is 1.41. The number of nitrogens with one attached hydrogen (secondary N) is 1. The van der Waals surface area contributed by atoms with Crippen molar-refractivity contribution in [3.8, 4) is 5.75 Å². The number of anilines is 1. The molecule has 0 unspecified atom stereocenters. The Morgan fingerprint density at radius 1 is 1.32 bits per heavy atom. The van der Waals surface area contributed by atoms with Crippen LogP contribution in [0.5, 0.6) is 5.75 Å². The van der Waals surface area contributed by atoms with E-state index in [1.165, 1.54) is 12.1 Å². The van der Waals surface area contributed by atoms with Gasteiger partial charge in [0.2, 0.25) is 0 Å². The van der Waals surface area contributed by atoms with Crippen LogP contribution in [0.2, 0.25) is 0 Å². The predicted octanol–water partition coefficient (Wildman–Crippen LogP) is 2.61. The minimum atomic E-state index is -0.281. The molecular formula is C15H16FN3O3. The molecule has 6 nitrogen and oxygen atoms in total. The number of hydrogen-bond donors (Lipinski definition) is 1. The van der Waals surface area contributed by atoms with Gasteiger partial charge in [-0.1, -0.05) is 5.16 Å². The number of hydrogen-bond acceptors (Lipinski definition) is 6. The summed E-state index contributed by atoms with van der Waals surface area (Å²) < 4.78 is 29.4. The lowest BCUT2D eigenvalue weighted by molar-refractivity contribution is -0.0172. The standard InChI is InChI=1S/C15H16FN3O3/c16-12-5-10(13-11(6-12)7-20-8-21-13)3-4-17-15-18-14(19-22-15)9-1-2-9/h5-6,9H,1-4,7-8H2,(H,17,18,19). The third-order valence-electron chi connectivity index (χ3n) is 3.81. The Kier molecular flexibility index (Phi) is 3.42. The molecule has 116 valence electrons. The van der Waals surface area contributed by atoms with Crippen molar-refractivity contribution in [3.05, 3.63) is 34.9 Å². The summed E-state index contributed by atoms with van der Waals surface area (Å²) in [5.41, 5.74) is 1.56. The third kappa shape index (κ3) is 2.76. The fourth-order valence-corrected chi connectivity index (χ4v) is 2.56. The van der Waals surface area contributed by atoms with Crippen LogP contribution in [0.1, 0.15) is 35.7 Å². The Bertz CT molecular complexity index is 685. The highest BCUT2D eigenvalue weighted by atomic mass is 19.1. The molecule has 2 aromatic rings. The highest BCUT2D eigenvalue weighted by Gasteiger charge is 2.28. The van der Waals surface area contributed by atoms with Gasteiger partial charge in [0.25, 0.3) is 0 Å². The molecular weight excluding hydrogens is 289 g/mol. The van der Waals surface area contributed by atoms with Crippen molar-refractivity contribution >= 4 is 6.01 Å². The van der Waals surface area contributed by atoms with Gasteiger partial charge in [-0.3, -0.25) is 0 Å². The average Bonchev–Trinajstić information content (AvgIpc) is 3.27. The molecule has 0 spiro atoms. The molecule has 1 fully saturated rings. The maximum Gasteiger partial charge on any atom is 0.321 e. The Hall–Kier alpha value is -2.15. The van der Waals surface area contributed by atoms with Gasteiger partial charge in [0.05, 0.1) is 6.61 Å². The van der Waals surface area contributed by atoms with E-state index in [4.69, 9.17) is 14.0 Å². The van der Waals surface area contributed by atoms with E-state index in [2.05, 4.69) is 15.5 Å². The number of rotatable bonds is 5. The highest BCUT2D eigenvalue weighted by molar-refractivity contribution is 5.43. The lowest BCUT2D eigenvalue weighted by Gasteiger charge is -2.20. The van der Waals surface area contributed by atoms with Crippen molar-refractivity contribution in [1.82, 2.24) is 10.1 Å². The summed E-state index contributed by atoms with van der Waals surface area (Å²) in [4.78, 5) is 4.29. The van der Waals surface area contributed by atoms with Gasteiger partial charge in [-0.15, -0.1) is 0 Å². The van der Waals surface area contributed by atoms with Gasteiger partial charge in [-0.2, -0.15) is 4.98 Å². The normalized spacial score (nSPS) is 17.0. The third-order valence-corrected chi connectivity index (χ3v) is 3.81. The second kappa shape index (κ2) is 5.57. The van der Waals surface area contributed by atoms with E-state index in [0.29, 0.717) is 31.5 Å². The number of ether oxygens (including phenoxy) is 2. The molecule has 2 aliphatic rings. The molecule has 1 aliphatic carbocycles. The van der Waals surface area contributed by atoms with Crippen LogP contribution in [0.25, 0.3) is 0 Å². The summed E-state index contributed by atoms with van der Waals surface area (Å²) in [7, 11) is 0. The van der Waals surface area contributed by atoms with Gasteiger partial charge in [0.15, 0.2) is 12.6 Å². The molecule has 0 bridgehead atoms. The summed E-state index contributed by atoms with van der Waals surface area (Å²) >= 11 is 0. The SMILES string of the molecule is Fc1cc(CCNc2nc(C3CC3)no2)c2c(c1)COCO2. The second-order valence-corrected chi connectivity index (χ2v) is 5.57. The number of fused-ring (bicyclic) bond motifs is 1. The molecule has 4 rings (SSSR count). The molecule has 1 aromatic carbocycles. The molecule has 0 saturated heterocycles. The van der Waals surface area contributed by atoms with Crippen LogP contribution in [0.3, 0.4) is 0 Å². The van der Waals surface area contributed by atoms with E-state index in [1.54, 1.807) is 0 Å². The maximum absolute atomic E-state index is 13.6. The molecule has 2 heterocycles. The first kappa shape index (κ1) is 13.5. The minimum Gasteiger partial charge on any atom is -0.467 e. The molecule has 7 heteroatoms. The van der Waals surface area contributed by atoms with Crippen LogP contribution >= 0.6 is 0 Å². The fourth-order valence-electron chi connectivity index (χ4n) is 2.56. The van der Waals surface area contributed by atoms with Crippen LogP contribution < -0.4 is 10.1 Å². The summed E-state index contributed by atoms with van der Waals surface area (Å²) in [6.07, 6.45) is 2.86. The number of aromatic nitrogens is 2. The Morgan fingerprint density at radius 3 is 3.09 bits per heavy atom. The van der Waals surface area contributed by atoms with Gasteiger partial charge in [0, 0.05) is 18.0 Å². The van der Waals surface area contributed by atoms with Gasteiger partial charge in [0.1, 0.15) is 11.6 Å². The van der Waals surface area contributed by atoms with Gasteiger partial charge in [-0.25, -0.2) is 4.39 Å². The van der Waals surface area contributed by atoms with Crippen molar-refractivity contribution in [2.45, 2.75) is 31.8 Å².